The molecule has 0 bridgehead atoms. The number of amides is 1. The molecule has 2 rings (SSSR count). The van der Waals surface area contributed by atoms with Crippen LogP contribution in [0, 0.1) is 13.8 Å². The van der Waals surface area contributed by atoms with Crippen molar-refractivity contribution in [3.8, 4) is 0 Å². The van der Waals surface area contributed by atoms with Crippen LogP contribution in [0.15, 0.2) is 0 Å². The van der Waals surface area contributed by atoms with Crippen LogP contribution in [0.1, 0.15) is 43.1 Å². The fourth-order valence-corrected chi connectivity index (χ4v) is 3.26. The smallest absolute Gasteiger partial charge is 0.380 e. The van der Waals surface area contributed by atoms with E-state index in [0.29, 0.717) is 36.7 Å². The summed E-state index contributed by atoms with van der Waals surface area (Å²) in [6.45, 7) is 7.37. The van der Waals surface area contributed by atoms with Crippen LogP contribution in [0.5, 0.6) is 0 Å². The van der Waals surface area contributed by atoms with E-state index in [2.05, 4.69) is 5.10 Å². The Morgan fingerprint density at radius 3 is 2.67 bits per heavy atom. The topological polar surface area (TPSA) is 47.4 Å². The second-order valence-corrected chi connectivity index (χ2v) is 6.36. The molecule has 0 unspecified atom stereocenters. The third-order valence-corrected chi connectivity index (χ3v) is 4.54. The normalized spacial score (nSPS) is 20.8. The third kappa shape index (κ3) is 4.09. The minimum atomic E-state index is -4.34. The fourth-order valence-electron chi connectivity index (χ4n) is 3.26. The lowest BCUT2D eigenvalue weighted by Gasteiger charge is -2.29. The van der Waals surface area contributed by atoms with Crippen LogP contribution in [0.25, 0.3) is 0 Å². The highest BCUT2D eigenvalue weighted by atomic mass is 19.4. The van der Waals surface area contributed by atoms with E-state index in [4.69, 9.17) is 4.74 Å². The summed E-state index contributed by atoms with van der Waals surface area (Å²) in [6.07, 6.45) is -3.59. The fraction of sp³-hybridized carbons (Fsp3) is 0.750. The zero-order chi connectivity index (χ0) is 18.1. The molecule has 0 aromatic carbocycles. The number of rotatable bonds is 3. The number of hydrogen-bond donors (Lipinski definition) is 0. The highest BCUT2D eigenvalue weighted by molar-refractivity contribution is 5.84. The molecule has 1 amide bonds. The second kappa shape index (κ2) is 7.13. The van der Waals surface area contributed by atoms with Crippen molar-refractivity contribution in [2.45, 2.75) is 58.8 Å². The predicted molar refractivity (Wildman–Crippen MR) is 82.8 cm³/mol. The van der Waals surface area contributed by atoms with Crippen LogP contribution in [-0.2, 0) is 16.1 Å². The van der Waals surface area contributed by atoms with Gasteiger partial charge in [-0.1, -0.05) is 0 Å². The van der Waals surface area contributed by atoms with Gasteiger partial charge in [0.2, 0.25) is 5.91 Å². The van der Waals surface area contributed by atoms with Gasteiger partial charge in [0.15, 0.2) is 0 Å². The van der Waals surface area contributed by atoms with Crippen molar-refractivity contribution in [1.29, 1.82) is 0 Å². The number of aromatic nitrogens is 2. The first kappa shape index (κ1) is 18.8. The van der Waals surface area contributed by atoms with Crippen LogP contribution in [-0.4, -0.2) is 52.6 Å². The highest BCUT2D eigenvalue weighted by Crippen LogP contribution is 2.28. The van der Waals surface area contributed by atoms with Crippen molar-refractivity contribution in [2.75, 3.05) is 19.8 Å². The zero-order valence-electron chi connectivity index (χ0n) is 14.5. The molecule has 8 heteroatoms. The molecule has 2 heterocycles. The standard InChI is InChI=1S/C16H24F3N3O2/c1-10-5-7-24-8-6-21(10)15(23)11(2)14-12(3)20-22(13(14)4)9-16(17,18)19/h10-11H,5-9H2,1-4H3/t10-,11-/m1/s1. The lowest BCUT2D eigenvalue weighted by Crippen LogP contribution is -2.41. The summed E-state index contributed by atoms with van der Waals surface area (Å²) in [5, 5.41) is 3.98. The molecular formula is C16H24F3N3O2. The first-order chi connectivity index (χ1) is 11.1. The van der Waals surface area contributed by atoms with Crippen molar-refractivity contribution < 1.29 is 22.7 Å². The molecule has 1 saturated heterocycles. The van der Waals surface area contributed by atoms with Gasteiger partial charge in [0.25, 0.3) is 0 Å². The average Bonchev–Trinajstić information content (AvgIpc) is 2.64. The summed E-state index contributed by atoms with van der Waals surface area (Å²) in [5.74, 6) is -0.627. The van der Waals surface area contributed by atoms with Crippen molar-refractivity contribution in [2.24, 2.45) is 0 Å². The number of carbonyl (C=O) groups excluding carboxylic acids is 1. The number of nitrogens with zero attached hydrogens (tertiary/aromatic N) is 3. The van der Waals surface area contributed by atoms with Gasteiger partial charge < -0.3 is 9.64 Å². The van der Waals surface area contributed by atoms with Gasteiger partial charge in [-0.05, 0) is 34.1 Å². The Hall–Kier alpha value is -1.57. The van der Waals surface area contributed by atoms with E-state index in [9.17, 15) is 18.0 Å². The number of aryl methyl sites for hydroxylation is 1. The van der Waals surface area contributed by atoms with Crippen molar-refractivity contribution in [3.63, 3.8) is 0 Å². The van der Waals surface area contributed by atoms with E-state index in [1.54, 1.807) is 25.7 Å². The molecule has 0 spiro atoms. The Morgan fingerprint density at radius 1 is 1.38 bits per heavy atom. The maximum atomic E-state index is 12.9. The lowest BCUT2D eigenvalue weighted by molar-refractivity contribution is -0.143. The lowest BCUT2D eigenvalue weighted by atomic mass is 9.96. The van der Waals surface area contributed by atoms with Crippen LogP contribution < -0.4 is 0 Å². The Morgan fingerprint density at radius 2 is 2.04 bits per heavy atom. The molecule has 0 saturated carbocycles. The minimum Gasteiger partial charge on any atom is -0.380 e. The molecule has 1 aliphatic rings. The van der Waals surface area contributed by atoms with Gasteiger partial charge in [0, 0.05) is 30.5 Å². The summed E-state index contributed by atoms with van der Waals surface area (Å²) in [5.41, 5.74) is 1.45. The number of halogens is 3. The number of hydrogen-bond acceptors (Lipinski definition) is 3. The first-order valence-corrected chi connectivity index (χ1v) is 8.10. The number of alkyl halides is 3. The number of carbonyl (C=O) groups is 1. The molecule has 2 atom stereocenters. The molecule has 136 valence electrons. The molecule has 0 N–H and O–H groups in total. The van der Waals surface area contributed by atoms with Crippen molar-refractivity contribution >= 4 is 5.91 Å². The molecule has 1 aromatic heterocycles. The summed E-state index contributed by atoms with van der Waals surface area (Å²) in [6, 6.07) is 0.0493. The maximum absolute atomic E-state index is 12.9. The van der Waals surface area contributed by atoms with E-state index < -0.39 is 18.6 Å². The Kier molecular flexibility index (Phi) is 5.57. The van der Waals surface area contributed by atoms with Crippen LogP contribution in [0.4, 0.5) is 13.2 Å². The first-order valence-electron chi connectivity index (χ1n) is 8.10. The molecule has 1 aromatic rings. The number of ether oxygens (including phenoxy) is 1. The van der Waals surface area contributed by atoms with Crippen LogP contribution >= 0.6 is 0 Å². The Balaban J connectivity index is 2.25. The Bertz CT molecular complexity index is 598. The summed E-state index contributed by atoms with van der Waals surface area (Å²) in [4.78, 5) is 14.6. The monoisotopic (exact) mass is 347 g/mol. The van der Waals surface area contributed by atoms with E-state index in [-0.39, 0.29) is 11.9 Å². The zero-order valence-corrected chi connectivity index (χ0v) is 14.5. The molecule has 24 heavy (non-hydrogen) atoms. The molecule has 1 fully saturated rings. The van der Waals surface area contributed by atoms with E-state index in [1.165, 1.54) is 0 Å². The van der Waals surface area contributed by atoms with Gasteiger partial charge in [-0.15, -0.1) is 0 Å². The van der Waals surface area contributed by atoms with Gasteiger partial charge in [-0.2, -0.15) is 18.3 Å². The summed E-state index contributed by atoms with van der Waals surface area (Å²) >= 11 is 0. The summed E-state index contributed by atoms with van der Waals surface area (Å²) < 4.78 is 44.3. The quantitative estimate of drug-likeness (QED) is 0.845. The molecular weight excluding hydrogens is 323 g/mol. The average molecular weight is 347 g/mol. The van der Waals surface area contributed by atoms with Crippen molar-refractivity contribution in [3.05, 3.63) is 17.0 Å². The maximum Gasteiger partial charge on any atom is 0.408 e. The second-order valence-electron chi connectivity index (χ2n) is 6.36. The van der Waals surface area contributed by atoms with Gasteiger partial charge in [0.05, 0.1) is 18.2 Å². The molecule has 0 aliphatic carbocycles. The highest BCUT2D eigenvalue weighted by Gasteiger charge is 2.33. The van der Waals surface area contributed by atoms with E-state index in [0.717, 1.165) is 11.1 Å². The van der Waals surface area contributed by atoms with Crippen LogP contribution in [0.3, 0.4) is 0 Å². The molecule has 0 radical (unpaired) electrons. The van der Waals surface area contributed by atoms with Gasteiger partial charge in [-0.3, -0.25) is 9.48 Å². The minimum absolute atomic E-state index is 0.0493. The molecule has 5 nitrogen and oxygen atoms in total. The SMILES string of the molecule is Cc1nn(CC(F)(F)F)c(C)c1[C@@H](C)C(=O)N1CCOCC[C@H]1C. The van der Waals surface area contributed by atoms with Gasteiger partial charge >= 0.3 is 6.18 Å². The van der Waals surface area contributed by atoms with Gasteiger partial charge in [-0.25, -0.2) is 0 Å². The Labute approximate surface area is 139 Å². The van der Waals surface area contributed by atoms with E-state index in [1.807, 2.05) is 6.92 Å². The third-order valence-electron chi connectivity index (χ3n) is 4.54. The molecule has 1 aliphatic heterocycles. The van der Waals surface area contributed by atoms with Crippen molar-refractivity contribution in [1.82, 2.24) is 14.7 Å². The van der Waals surface area contributed by atoms with E-state index >= 15 is 0 Å². The summed E-state index contributed by atoms with van der Waals surface area (Å²) in [7, 11) is 0. The van der Waals surface area contributed by atoms with Crippen LogP contribution in [0.2, 0.25) is 0 Å². The predicted octanol–water partition coefficient (Wildman–Crippen LogP) is 2.80. The van der Waals surface area contributed by atoms with Gasteiger partial charge in [0.1, 0.15) is 6.54 Å². The largest absolute Gasteiger partial charge is 0.408 e.